The molecular formula is C7H11N3O3. The van der Waals surface area contributed by atoms with E-state index in [0.717, 1.165) is 0 Å². The van der Waals surface area contributed by atoms with Gasteiger partial charge in [0.25, 0.3) is 0 Å². The minimum Gasteiger partial charge on any atom is -0.394 e. The average molecular weight is 185 g/mol. The van der Waals surface area contributed by atoms with E-state index in [4.69, 9.17) is 9.84 Å². The zero-order valence-corrected chi connectivity index (χ0v) is 6.95. The standard InChI is InChI=1S/C7H11N3O3/c11-2-5-1-6(12)7(13-5)10-4-8-3-9-10/h3-7,11-12H,1-2H2/t5-,6+,7+/m0/s1. The fourth-order valence-electron chi connectivity index (χ4n) is 1.43. The Hall–Kier alpha value is -0.980. The number of nitrogens with zero attached hydrogens (tertiary/aromatic N) is 3. The Kier molecular flexibility index (Phi) is 2.26. The van der Waals surface area contributed by atoms with Crippen LogP contribution >= 0.6 is 0 Å². The molecule has 1 saturated heterocycles. The molecule has 2 heterocycles. The minimum absolute atomic E-state index is 0.0811. The number of aliphatic hydroxyl groups excluding tert-OH is 2. The highest BCUT2D eigenvalue weighted by molar-refractivity contribution is 4.79. The van der Waals surface area contributed by atoms with Crippen molar-refractivity contribution in [2.75, 3.05) is 6.61 Å². The van der Waals surface area contributed by atoms with E-state index in [2.05, 4.69) is 10.1 Å². The Labute approximate surface area is 74.8 Å². The van der Waals surface area contributed by atoms with Crippen molar-refractivity contribution in [2.45, 2.75) is 24.9 Å². The summed E-state index contributed by atoms with van der Waals surface area (Å²) in [6.45, 7) is -0.0811. The van der Waals surface area contributed by atoms with Gasteiger partial charge in [-0.15, -0.1) is 0 Å². The van der Waals surface area contributed by atoms with Gasteiger partial charge in [0.1, 0.15) is 18.8 Å². The molecule has 0 radical (unpaired) electrons. The summed E-state index contributed by atoms with van der Waals surface area (Å²) in [6.07, 6.45) is 1.85. The normalized spacial score (nSPS) is 33.8. The van der Waals surface area contributed by atoms with Crippen LogP contribution in [-0.4, -0.2) is 43.8 Å². The Balaban J connectivity index is 2.09. The van der Waals surface area contributed by atoms with E-state index in [1.165, 1.54) is 17.3 Å². The van der Waals surface area contributed by atoms with E-state index in [1.807, 2.05) is 0 Å². The molecule has 6 heteroatoms. The third-order valence-electron chi connectivity index (χ3n) is 2.07. The lowest BCUT2D eigenvalue weighted by Crippen LogP contribution is -2.19. The topological polar surface area (TPSA) is 80.4 Å². The van der Waals surface area contributed by atoms with Crippen molar-refractivity contribution in [3.05, 3.63) is 12.7 Å². The smallest absolute Gasteiger partial charge is 0.178 e. The number of ether oxygens (including phenoxy) is 1. The van der Waals surface area contributed by atoms with Gasteiger partial charge in [0.15, 0.2) is 6.23 Å². The molecule has 1 aliphatic rings. The van der Waals surface area contributed by atoms with Gasteiger partial charge in [-0.05, 0) is 0 Å². The molecule has 2 N–H and O–H groups in total. The quantitative estimate of drug-likeness (QED) is 0.612. The molecule has 1 aromatic rings. The lowest BCUT2D eigenvalue weighted by molar-refractivity contribution is -0.0571. The van der Waals surface area contributed by atoms with Crippen molar-refractivity contribution >= 4 is 0 Å². The molecule has 0 spiro atoms. The van der Waals surface area contributed by atoms with Gasteiger partial charge < -0.3 is 14.9 Å². The van der Waals surface area contributed by atoms with Crippen molar-refractivity contribution in [1.29, 1.82) is 0 Å². The fraction of sp³-hybridized carbons (Fsp3) is 0.714. The molecule has 1 aliphatic heterocycles. The first-order valence-electron chi connectivity index (χ1n) is 4.09. The Bertz CT molecular complexity index is 264. The van der Waals surface area contributed by atoms with E-state index in [9.17, 15) is 5.11 Å². The van der Waals surface area contributed by atoms with Gasteiger partial charge >= 0.3 is 0 Å². The zero-order chi connectivity index (χ0) is 9.26. The van der Waals surface area contributed by atoms with Crippen molar-refractivity contribution in [3.8, 4) is 0 Å². The molecule has 13 heavy (non-hydrogen) atoms. The Morgan fingerprint density at radius 2 is 2.46 bits per heavy atom. The summed E-state index contributed by atoms with van der Waals surface area (Å²) >= 11 is 0. The van der Waals surface area contributed by atoms with Gasteiger partial charge in [-0.2, -0.15) is 5.10 Å². The molecule has 1 aromatic heterocycles. The van der Waals surface area contributed by atoms with Crippen LogP contribution in [0, 0.1) is 0 Å². The third-order valence-corrected chi connectivity index (χ3v) is 2.07. The second-order valence-corrected chi connectivity index (χ2v) is 3.01. The van der Waals surface area contributed by atoms with Crippen molar-refractivity contribution in [1.82, 2.24) is 14.8 Å². The van der Waals surface area contributed by atoms with Crippen molar-refractivity contribution in [2.24, 2.45) is 0 Å². The minimum atomic E-state index is -0.626. The molecule has 0 bridgehead atoms. The maximum Gasteiger partial charge on any atom is 0.178 e. The fourth-order valence-corrected chi connectivity index (χ4v) is 1.43. The molecule has 0 saturated carbocycles. The average Bonchev–Trinajstić information content (AvgIpc) is 2.72. The lowest BCUT2D eigenvalue weighted by Gasteiger charge is -2.13. The van der Waals surface area contributed by atoms with Crippen LogP contribution in [0.1, 0.15) is 12.6 Å². The summed E-state index contributed by atoms with van der Waals surface area (Å²) in [5.74, 6) is 0. The van der Waals surface area contributed by atoms with Crippen LogP contribution in [-0.2, 0) is 4.74 Å². The molecule has 0 aliphatic carbocycles. The van der Waals surface area contributed by atoms with Crippen LogP contribution in [0.15, 0.2) is 12.7 Å². The second kappa shape index (κ2) is 3.41. The summed E-state index contributed by atoms with van der Waals surface area (Å²) in [6, 6.07) is 0. The summed E-state index contributed by atoms with van der Waals surface area (Å²) in [5, 5.41) is 22.2. The van der Waals surface area contributed by atoms with Crippen LogP contribution in [0.3, 0.4) is 0 Å². The SMILES string of the molecule is OC[C@@H]1C[C@@H](O)[C@H](n2cncn2)O1. The van der Waals surface area contributed by atoms with E-state index < -0.39 is 12.3 Å². The predicted molar refractivity (Wildman–Crippen MR) is 41.6 cm³/mol. The van der Waals surface area contributed by atoms with Gasteiger partial charge in [0.2, 0.25) is 0 Å². The third kappa shape index (κ3) is 1.55. The van der Waals surface area contributed by atoms with Crippen LogP contribution in [0.2, 0.25) is 0 Å². The summed E-state index contributed by atoms with van der Waals surface area (Å²) in [5.41, 5.74) is 0. The van der Waals surface area contributed by atoms with Crippen LogP contribution < -0.4 is 0 Å². The van der Waals surface area contributed by atoms with Crippen LogP contribution in [0.4, 0.5) is 0 Å². The van der Waals surface area contributed by atoms with E-state index in [-0.39, 0.29) is 12.7 Å². The molecule has 72 valence electrons. The maximum atomic E-state index is 9.54. The van der Waals surface area contributed by atoms with Crippen molar-refractivity contribution < 1.29 is 14.9 Å². The predicted octanol–water partition coefficient (Wildman–Crippen LogP) is -1.08. The first kappa shape index (κ1) is 8.61. The van der Waals surface area contributed by atoms with Gasteiger partial charge in [-0.25, -0.2) is 9.67 Å². The first-order valence-corrected chi connectivity index (χ1v) is 4.09. The maximum absolute atomic E-state index is 9.54. The summed E-state index contributed by atoms with van der Waals surface area (Å²) in [4.78, 5) is 3.75. The highest BCUT2D eigenvalue weighted by Gasteiger charge is 2.35. The van der Waals surface area contributed by atoms with Gasteiger partial charge in [0.05, 0.1) is 12.7 Å². The molecule has 1 fully saturated rings. The molecule has 0 amide bonds. The molecule has 0 aromatic carbocycles. The Morgan fingerprint density at radius 3 is 3.00 bits per heavy atom. The van der Waals surface area contributed by atoms with Crippen LogP contribution in [0.5, 0.6) is 0 Å². The number of rotatable bonds is 2. The van der Waals surface area contributed by atoms with Gasteiger partial charge in [0, 0.05) is 6.42 Å². The molecule has 2 rings (SSSR count). The molecule has 3 atom stereocenters. The second-order valence-electron chi connectivity index (χ2n) is 3.01. The number of aromatic nitrogens is 3. The zero-order valence-electron chi connectivity index (χ0n) is 6.95. The van der Waals surface area contributed by atoms with Crippen LogP contribution in [0.25, 0.3) is 0 Å². The first-order chi connectivity index (χ1) is 6.31. The number of aliphatic hydroxyl groups is 2. The van der Waals surface area contributed by atoms with Crippen molar-refractivity contribution in [3.63, 3.8) is 0 Å². The summed E-state index contributed by atoms with van der Waals surface area (Å²) in [7, 11) is 0. The Morgan fingerprint density at radius 1 is 1.62 bits per heavy atom. The van der Waals surface area contributed by atoms with E-state index in [1.54, 1.807) is 0 Å². The summed E-state index contributed by atoms with van der Waals surface area (Å²) < 4.78 is 6.77. The molecular weight excluding hydrogens is 174 g/mol. The number of hydrogen-bond acceptors (Lipinski definition) is 5. The van der Waals surface area contributed by atoms with Gasteiger partial charge in [-0.1, -0.05) is 0 Å². The highest BCUT2D eigenvalue weighted by atomic mass is 16.5. The lowest BCUT2D eigenvalue weighted by atomic mass is 10.2. The van der Waals surface area contributed by atoms with Gasteiger partial charge in [-0.3, -0.25) is 0 Å². The molecule has 6 nitrogen and oxygen atoms in total. The monoisotopic (exact) mass is 185 g/mol. The van der Waals surface area contributed by atoms with E-state index in [0.29, 0.717) is 6.42 Å². The number of hydrogen-bond donors (Lipinski definition) is 2. The highest BCUT2D eigenvalue weighted by Crippen LogP contribution is 2.27. The molecule has 0 unspecified atom stereocenters. The van der Waals surface area contributed by atoms with E-state index >= 15 is 0 Å². The largest absolute Gasteiger partial charge is 0.394 e.